The van der Waals surface area contributed by atoms with Gasteiger partial charge in [0.05, 0.1) is 0 Å². The van der Waals surface area contributed by atoms with Gasteiger partial charge in [-0.25, -0.2) is 0 Å². The van der Waals surface area contributed by atoms with E-state index in [0.717, 1.165) is 12.3 Å². The molecule has 2 rings (SSSR count). The predicted molar refractivity (Wildman–Crippen MR) is 72.6 cm³/mol. The van der Waals surface area contributed by atoms with Gasteiger partial charge in [0, 0.05) is 13.0 Å². The summed E-state index contributed by atoms with van der Waals surface area (Å²) >= 11 is 0. The topological polar surface area (TPSA) is 40.5 Å². The molecule has 1 N–H and O–H groups in total. The fourth-order valence-electron chi connectivity index (χ4n) is 3.52. The maximum atomic E-state index is 10.6. The molecule has 0 radical (unpaired) electrons. The summed E-state index contributed by atoms with van der Waals surface area (Å²) in [4.78, 5) is 13.2. The Balaban J connectivity index is 1.62. The van der Waals surface area contributed by atoms with Gasteiger partial charge in [-0.2, -0.15) is 0 Å². The normalized spacial score (nSPS) is 24.2. The molecule has 18 heavy (non-hydrogen) atoms. The molecule has 0 aromatic carbocycles. The van der Waals surface area contributed by atoms with Gasteiger partial charge < -0.3 is 10.0 Å². The quantitative estimate of drug-likeness (QED) is 0.818. The average molecular weight is 253 g/mol. The highest BCUT2D eigenvalue weighted by Gasteiger charge is 2.22. The smallest absolute Gasteiger partial charge is 0.303 e. The van der Waals surface area contributed by atoms with Crippen molar-refractivity contribution in [1.82, 2.24) is 4.90 Å². The largest absolute Gasteiger partial charge is 0.481 e. The molecule has 0 spiro atoms. The molecule has 1 saturated heterocycles. The van der Waals surface area contributed by atoms with E-state index in [9.17, 15) is 4.79 Å². The Labute approximate surface area is 111 Å². The molecule has 0 aromatic heterocycles. The second-order valence-electron chi connectivity index (χ2n) is 6.18. The average Bonchev–Trinajstić information content (AvgIpc) is 2.39. The summed E-state index contributed by atoms with van der Waals surface area (Å²) < 4.78 is 0. The fourth-order valence-corrected chi connectivity index (χ4v) is 3.52. The molecular weight excluding hydrogens is 226 g/mol. The molecule has 1 heterocycles. The number of hydrogen-bond donors (Lipinski definition) is 1. The van der Waals surface area contributed by atoms with Gasteiger partial charge in [-0.15, -0.1) is 0 Å². The molecule has 2 fully saturated rings. The van der Waals surface area contributed by atoms with E-state index in [-0.39, 0.29) is 0 Å². The summed E-state index contributed by atoms with van der Waals surface area (Å²) in [6.45, 7) is 3.69. The SMILES string of the molecule is O=C(O)CCC1CCN(CC2CCCCC2)CC1. The van der Waals surface area contributed by atoms with Crippen molar-refractivity contribution in [2.45, 2.75) is 57.8 Å². The van der Waals surface area contributed by atoms with Crippen LogP contribution in [-0.2, 0) is 4.79 Å². The van der Waals surface area contributed by atoms with Crippen molar-refractivity contribution in [3.63, 3.8) is 0 Å². The van der Waals surface area contributed by atoms with E-state index >= 15 is 0 Å². The number of aliphatic carboxylic acids is 1. The minimum Gasteiger partial charge on any atom is -0.481 e. The molecule has 3 heteroatoms. The number of likely N-dealkylation sites (tertiary alicyclic amines) is 1. The molecule has 3 nitrogen and oxygen atoms in total. The highest BCUT2D eigenvalue weighted by molar-refractivity contribution is 5.66. The third-order valence-electron chi connectivity index (χ3n) is 4.71. The Morgan fingerprint density at radius 1 is 1.00 bits per heavy atom. The maximum absolute atomic E-state index is 10.6. The first-order valence-corrected chi connectivity index (χ1v) is 7.68. The van der Waals surface area contributed by atoms with Crippen LogP contribution >= 0.6 is 0 Å². The molecule has 104 valence electrons. The predicted octanol–water partition coefficient (Wildman–Crippen LogP) is 3.14. The summed E-state index contributed by atoms with van der Waals surface area (Å²) in [5.74, 6) is 0.956. The van der Waals surface area contributed by atoms with Gasteiger partial charge in [0.25, 0.3) is 0 Å². The first kappa shape index (κ1) is 13.9. The van der Waals surface area contributed by atoms with Gasteiger partial charge in [-0.05, 0) is 57.0 Å². The van der Waals surface area contributed by atoms with Crippen LogP contribution in [0.25, 0.3) is 0 Å². The molecule has 1 aliphatic carbocycles. The third-order valence-corrected chi connectivity index (χ3v) is 4.71. The Bertz CT molecular complexity index is 253. The van der Waals surface area contributed by atoms with Crippen LogP contribution in [0, 0.1) is 11.8 Å². The van der Waals surface area contributed by atoms with E-state index in [2.05, 4.69) is 4.90 Å². The van der Waals surface area contributed by atoms with Crippen LogP contribution in [0.1, 0.15) is 57.8 Å². The summed E-state index contributed by atoms with van der Waals surface area (Å²) in [6, 6.07) is 0. The van der Waals surface area contributed by atoms with Gasteiger partial charge in [0.1, 0.15) is 0 Å². The first-order valence-electron chi connectivity index (χ1n) is 7.68. The first-order chi connectivity index (χ1) is 8.74. The van der Waals surface area contributed by atoms with E-state index in [4.69, 9.17) is 5.11 Å². The molecule has 0 amide bonds. The Morgan fingerprint density at radius 2 is 1.67 bits per heavy atom. The second-order valence-corrected chi connectivity index (χ2v) is 6.18. The van der Waals surface area contributed by atoms with Crippen molar-refractivity contribution in [3.8, 4) is 0 Å². The van der Waals surface area contributed by atoms with E-state index in [0.29, 0.717) is 12.3 Å². The zero-order chi connectivity index (χ0) is 12.8. The van der Waals surface area contributed by atoms with E-state index in [1.807, 2.05) is 0 Å². The lowest BCUT2D eigenvalue weighted by molar-refractivity contribution is -0.137. The van der Waals surface area contributed by atoms with E-state index < -0.39 is 5.97 Å². The van der Waals surface area contributed by atoms with E-state index in [1.165, 1.54) is 64.6 Å². The monoisotopic (exact) mass is 253 g/mol. The van der Waals surface area contributed by atoms with Gasteiger partial charge in [0.2, 0.25) is 0 Å². The van der Waals surface area contributed by atoms with Crippen molar-refractivity contribution >= 4 is 5.97 Å². The number of hydrogen-bond acceptors (Lipinski definition) is 2. The van der Waals surface area contributed by atoms with Crippen LogP contribution in [-0.4, -0.2) is 35.6 Å². The summed E-state index contributed by atoms with van der Waals surface area (Å²) in [5.41, 5.74) is 0. The maximum Gasteiger partial charge on any atom is 0.303 e. The number of carbonyl (C=O) groups is 1. The lowest BCUT2D eigenvalue weighted by atomic mass is 9.87. The fraction of sp³-hybridized carbons (Fsp3) is 0.933. The highest BCUT2D eigenvalue weighted by atomic mass is 16.4. The van der Waals surface area contributed by atoms with Crippen molar-refractivity contribution in [2.75, 3.05) is 19.6 Å². The number of carboxylic acids is 1. The van der Waals surface area contributed by atoms with Crippen LogP contribution < -0.4 is 0 Å². The lowest BCUT2D eigenvalue weighted by Crippen LogP contribution is -2.37. The second kappa shape index (κ2) is 7.13. The summed E-state index contributed by atoms with van der Waals surface area (Å²) in [5, 5.41) is 8.70. The number of nitrogens with zero attached hydrogens (tertiary/aromatic N) is 1. The van der Waals surface area contributed by atoms with Crippen LogP contribution in [0.15, 0.2) is 0 Å². The van der Waals surface area contributed by atoms with Gasteiger partial charge in [-0.1, -0.05) is 19.3 Å². The van der Waals surface area contributed by atoms with Crippen LogP contribution in [0.4, 0.5) is 0 Å². The molecule has 2 aliphatic rings. The van der Waals surface area contributed by atoms with Crippen LogP contribution in [0.3, 0.4) is 0 Å². The molecule has 1 saturated carbocycles. The van der Waals surface area contributed by atoms with Crippen LogP contribution in [0.5, 0.6) is 0 Å². The van der Waals surface area contributed by atoms with Gasteiger partial charge in [-0.3, -0.25) is 4.79 Å². The molecule has 0 aromatic rings. The zero-order valence-corrected chi connectivity index (χ0v) is 11.4. The molecular formula is C15H27NO2. The Morgan fingerprint density at radius 3 is 2.28 bits per heavy atom. The molecule has 0 atom stereocenters. The highest BCUT2D eigenvalue weighted by Crippen LogP contribution is 2.27. The van der Waals surface area contributed by atoms with Crippen molar-refractivity contribution in [2.24, 2.45) is 11.8 Å². The van der Waals surface area contributed by atoms with Crippen molar-refractivity contribution in [1.29, 1.82) is 0 Å². The molecule has 1 aliphatic heterocycles. The van der Waals surface area contributed by atoms with Crippen molar-refractivity contribution < 1.29 is 9.90 Å². The third kappa shape index (κ3) is 4.60. The Kier molecular flexibility index (Phi) is 5.48. The van der Waals surface area contributed by atoms with E-state index in [1.54, 1.807) is 0 Å². The van der Waals surface area contributed by atoms with Gasteiger partial charge >= 0.3 is 5.97 Å². The molecule has 0 unspecified atom stereocenters. The minimum atomic E-state index is -0.639. The van der Waals surface area contributed by atoms with Crippen LogP contribution in [0.2, 0.25) is 0 Å². The van der Waals surface area contributed by atoms with Crippen molar-refractivity contribution in [3.05, 3.63) is 0 Å². The number of carboxylic acid groups (broad SMARTS) is 1. The minimum absolute atomic E-state index is 0.354. The number of piperidine rings is 1. The van der Waals surface area contributed by atoms with Gasteiger partial charge in [0.15, 0.2) is 0 Å². The Hall–Kier alpha value is -0.570. The lowest BCUT2D eigenvalue weighted by Gasteiger charge is -2.35. The summed E-state index contributed by atoms with van der Waals surface area (Å²) in [7, 11) is 0. The number of rotatable bonds is 5. The standard InChI is InChI=1S/C15H27NO2/c17-15(18)7-6-13-8-10-16(11-9-13)12-14-4-2-1-3-5-14/h13-14H,1-12H2,(H,17,18). The zero-order valence-electron chi connectivity index (χ0n) is 11.4. The summed E-state index contributed by atoms with van der Waals surface area (Å²) in [6.07, 6.45) is 10.8. The molecule has 0 bridgehead atoms.